The normalized spacial score (nSPS) is 25.2. The average Bonchev–Trinajstić information content (AvgIpc) is 3.01. The maximum atomic E-state index is 12.2. The van der Waals surface area contributed by atoms with Gasteiger partial charge in [0.25, 0.3) is 5.69 Å². The average molecular weight is 410 g/mol. The zero-order valence-electron chi connectivity index (χ0n) is 16.7. The van der Waals surface area contributed by atoms with Crippen LogP contribution in [0.5, 0.6) is 0 Å². The summed E-state index contributed by atoms with van der Waals surface area (Å²) in [6.45, 7) is 4.10. The molecule has 0 bridgehead atoms. The molecule has 2 aliphatic rings. The highest BCUT2D eigenvalue weighted by Gasteiger charge is 2.47. The monoisotopic (exact) mass is 410 g/mol. The minimum Gasteiger partial charge on any atom is -0.463 e. The van der Waals surface area contributed by atoms with Crippen LogP contribution in [0.25, 0.3) is 0 Å². The zero-order valence-corrected chi connectivity index (χ0v) is 16.7. The maximum absolute atomic E-state index is 12.2. The standard InChI is InChI=1S/C22H22N2O6/c1-22(2)13-28-21(25)19(22)29-18-12-17(14-8-10-16(11-9-14)24(26)27)23-20(30-18)15-6-4-3-5-7-15/h3-11,17-19H,12-13H2,1-2H3/t17-,18+,19+/m1/s1. The third kappa shape index (κ3) is 4.04. The molecule has 2 aromatic carbocycles. The molecule has 0 amide bonds. The van der Waals surface area contributed by atoms with Gasteiger partial charge in [0.05, 0.1) is 17.6 Å². The summed E-state index contributed by atoms with van der Waals surface area (Å²) in [5.74, 6) is -0.00127. The van der Waals surface area contributed by atoms with Gasteiger partial charge in [-0.15, -0.1) is 0 Å². The minimum absolute atomic E-state index is 0.0151. The van der Waals surface area contributed by atoms with E-state index in [2.05, 4.69) is 0 Å². The molecule has 0 aliphatic carbocycles. The predicted octanol–water partition coefficient (Wildman–Crippen LogP) is 3.80. The lowest BCUT2D eigenvalue weighted by Crippen LogP contribution is -2.40. The fourth-order valence-electron chi connectivity index (χ4n) is 3.53. The van der Waals surface area contributed by atoms with E-state index in [-0.39, 0.29) is 18.3 Å². The van der Waals surface area contributed by atoms with E-state index in [0.717, 1.165) is 11.1 Å². The van der Waals surface area contributed by atoms with Crippen molar-refractivity contribution in [2.45, 2.75) is 38.7 Å². The van der Waals surface area contributed by atoms with Crippen molar-refractivity contribution in [3.8, 4) is 0 Å². The Balaban J connectivity index is 1.63. The number of esters is 1. The van der Waals surface area contributed by atoms with Gasteiger partial charge in [0.2, 0.25) is 12.2 Å². The third-order valence-electron chi connectivity index (χ3n) is 5.24. The van der Waals surface area contributed by atoms with E-state index >= 15 is 0 Å². The smallest absolute Gasteiger partial charge is 0.336 e. The summed E-state index contributed by atoms with van der Waals surface area (Å²) in [6.07, 6.45) is -1.09. The van der Waals surface area contributed by atoms with E-state index in [4.69, 9.17) is 19.2 Å². The first kappa shape index (κ1) is 20.0. The number of carbonyl (C=O) groups is 1. The van der Waals surface area contributed by atoms with Gasteiger partial charge in [-0.1, -0.05) is 44.2 Å². The van der Waals surface area contributed by atoms with Crippen LogP contribution in [-0.4, -0.2) is 35.8 Å². The molecule has 156 valence electrons. The molecular formula is C22H22N2O6. The molecule has 30 heavy (non-hydrogen) atoms. The van der Waals surface area contributed by atoms with Crippen molar-refractivity contribution < 1.29 is 23.9 Å². The first-order valence-corrected chi connectivity index (χ1v) is 9.70. The number of benzene rings is 2. The Morgan fingerprint density at radius 2 is 1.83 bits per heavy atom. The lowest BCUT2D eigenvalue weighted by Gasteiger charge is -2.32. The second-order valence-electron chi connectivity index (χ2n) is 8.06. The number of aliphatic imine (C=N–C) groups is 1. The summed E-state index contributed by atoms with van der Waals surface area (Å²) in [4.78, 5) is 27.4. The molecule has 0 N–H and O–H groups in total. The number of hydrogen-bond acceptors (Lipinski definition) is 7. The van der Waals surface area contributed by atoms with E-state index in [1.807, 2.05) is 44.2 Å². The van der Waals surface area contributed by atoms with E-state index in [9.17, 15) is 14.9 Å². The summed E-state index contributed by atoms with van der Waals surface area (Å²) in [5.41, 5.74) is 1.14. The van der Waals surface area contributed by atoms with Gasteiger partial charge in [-0.25, -0.2) is 9.79 Å². The number of hydrogen-bond donors (Lipinski definition) is 0. The molecule has 0 spiro atoms. The number of nitro groups is 1. The molecule has 0 radical (unpaired) electrons. The lowest BCUT2D eigenvalue weighted by atomic mass is 9.89. The van der Waals surface area contributed by atoms with Crippen LogP contribution in [0.3, 0.4) is 0 Å². The van der Waals surface area contributed by atoms with Crippen molar-refractivity contribution in [1.29, 1.82) is 0 Å². The minimum atomic E-state index is -0.741. The number of rotatable bonds is 5. The van der Waals surface area contributed by atoms with Crippen LogP contribution in [0.15, 0.2) is 59.6 Å². The number of nitro benzene ring substituents is 1. The van der Waals surface area contributed by atoms with Gasteiger partial charge in [0.15, 0.2) is 6.10 Å². The SMILES string of the molecule is CC1(C)COC(=O)[C@@H]1O[C@@H]1C[C@H](c2ccc([N+](=O)[O-])cc2)N=C(c2ccccc2)O1. The summed E-state index contributed by atoms with van der Waals surface area (Å²) < 4.78 is 17.2. The lowest BCUT2D eigenvalue weighted by molar-refractivity contribution is -0.384. The molecule has 0 saturated carbocycles. The summed E-state index contributed by atoms with van der Waals surface area (Å²) in [7, 11) is 0. The number of cyclic esters (lactones) is 1. The second-order valence-corrected chi connectivity index (χ2v) is 8.06. The van der Waals surface area contributed by atoms with Crippen molar-refractivity contribution in [3.63, 3.8) is 0 Å². The quantitative estimate of drug-likeness (QED) is 0.422. The molecular weight excluding hydrogens is 388 g/mol. The van der Waals surface area contributed by atoms with E-state index in [0.29, 0.717) is 12.3 Å². The molecule has 3 atom stereocenters. The highest BCUT2D eigenvalue weighted by Crippen LogP contribution is 2.36. The number of carbonyl (C=O) groups excluding carboxylic acids is 1. The molecule has 2 aliphatic heterocycles. The molecule has 4 rings (SSSR count). The Bertz CT molecular complexity index is 971. The van der Waals surface area contributed by atoms with Crippen LogP contribution in [0.2, 0.25) is 0 Å². The fourth-order valence-corrected chi connectivity index (χ4v) is 3.53. The Hall–Kier alpha value is -3.26. The highest BCUT2D eigenvalue weighted by molar-refractivity contribution is 5.94. The van der Waals surface area contributed by atoms with Gasteiger partial charge in [-0.05, 0) is 17.7 Å². The van der Waals surface area contributed by atoms with Crippen LogP contribution in [0.4, 0.5) is 5.69 Å². The molecule has 2 aromatic rings. The second kappa shape index (κ2) is 7.87. The molecule has 0 unspecified atom stereocenters. The Labute approximate surface area is 173 Å². The van der Waals surface area contributed by atoms with Crippen LogP contribution < -0.4 is 0 Å². The predicted molar refractivity (Wildman–Crippen MR) is 108 cm³/mol. The molecule has 8 heteroatoms. The first-order valence-electron chi connectivity index (χ1n) is 9.70. The van der Waals surface area contributed by atoms with Crippen molar-refractivity contribution in [1.82, 2.24) is 0 Å². The Kier molecular flexibility index (Phi) is 5.26. The van der Waals surface area contributed by atoms with Gasteiger partial charge in [0, 0.05) is 29.5 Å². The summed E-state index contributed by atoms with van der Waals surface area (Å²) in [5, 5.41) is 11.0. The Morgan fingerprint density at radius 1 is 1.13 bits per heavy atom. The van der Waals surface area contributed by atoms with Gasteiger partial charge in [-0.3, -0.25) is 10.1 Å². The number of nitrogens with zero attached hydrogens (tertiary/aromatic N) is 2. The van der Waals surface area contributed by atoms with Crippen LogP contribution in [0, 0.1) is 15.5 Å². The third-order valence-corrected chi connectivity index (χ3v) is 5.24. The van der Waals surface area contributed by atoms with Crippen LogP contribution >= 0.6 is 0 Å². The largest absolute Gasteiger partial charge is 0.463 e. The van der Waals surface area contributed by atoms with Crippen LogP contribution in [-0.2, 0) is 19.0 Å². The first-order chi connectivity index (χ1) is 14.3. The number of non-ortho nitro benzene ring substituents is 1. The van der Waals surface area contributed by atoms with Crippen molar-refractivity contribution in [3.05, 3.63) is 75.8 Å². The van der Waals surface area contributed by atoms with Crippen molar-refractivity contribution in [2.24, 2.45) is 10.4 Å². The Morgan fingerprint density at radius 3 is 2.43 bits per heavy atom. The van der Waals surface area contributed by atoms with E-state index < -0.39 is 28.7 Å². The summed E-state index contributed by atoms with van der Waals surface area (Å²) in [6, 6.07) is 15.4. The topological polar surface area (TPSA) is 100 Å². The molecule has 0 aromatic heterocycles. The molecule has 1 fully saturated rings. The van der Waals surface area contributed by atoms with E-state index in [1.165, 1.54) is 12.1 Å². The van der Waals surface area contributed by atoms with Gasteiger partial charge < -0.3 is 14.2 Å². The molecule has 1 saturated heterocycles. The number of ether oxygens (including phenoxy) is 3. The zero-order chi connectivity index (χ0) is 21.3. The van der Waals surface area contributed by atoms with Crippen molar-refractivity contribution >= 4 is 17.6 Å². The van der Waals surface area contributed by atoms with Gasteiger partial charge >= 0.3 is 5.97 Å². The van der Waals surface area contributed by atoms with Crippen molar-refractivity contribution in [2.75, 3.05) is 6.61 Å². The van der Waals surface area contributed by atoms with Gasteiger partial charge in [0.1, 0.15) is 0 Å². The maximum Gasteiger partial charge on any atom is 0.336 e. The van der Waals surface area contributed by atoms with Gasteiger partial charge in [-0.2, -0.15) is 0 Å². The van der Waals surface area contributed by atoms with E-state index in [1.54, 1.807) is 12.1 Å². The molecule has 8 nitrogen and oxygen atoms in total. The fraction of sp³-hybridized carbons (Fsp3) is 0.364. The van der Waals surface area contributed by atoms with Crippen LogP contribution in [0.1, 0.15) is 37.4 Å². The molecule has 2 heterocycles. The highest BCUT2D eigenvalue weighted by atomic mass is 16.7. The summed E-state index contributed by atoms with van der Waals surface area (Å²) >= 11 is 0.